The van der Waals surface area contributed by atoms with Crippen LogP contribution in [0.1, 0.15) is 38.7 Å². The molecule has 0 saturated carbocycles. The second-order valence-electron chi connectivity index (χ2n) is 5.05. The molecule has 20 heavy (non-hydrogen) atoms. The molecular weight excluding hydrogens is 250 g/mol. The molecule has 0 spiro atoms. The third-order valence-electron chi connectivity index (χ3n) is 3.13. The molecule has 3 nitrogen and oxygen atoms in total. The smallest absolute Gasteiger partial charge is 0.120 e. The Labute approximate surface area is 122 Å². The number of aliphatic hydroxyl groups excluding tert-OH is 1. The van der Waals surface area contributed by atoms with Crippen LogP contribution in [0.15, 0.2) is 35.9 Å². The van der Waals surface area contributed by atoms with Gasteiger partial charge in [0.25, 0.3) is 0 Å². The van der Waals surface area contributed by atoms with Crippen LogP contribution in [0.5, 0.6) is 5.75 Å². The van der Waals surface area contributed by atoms with Crippen molar-refractivity contribution in [1.29, 1.82) is 0 Å². The molecule has 0 aromatic heterocycles. The number of rotatable bonds is 9. The molecule has 0 aliphatic rings. The highest BCUT2D eigenvalue weighted by Crippen LogP contribution is 2.17. The van der Waals surface area contributed by atoms with Crippen molar-refractivity contribution < 1.29 is 9.84 Å². The Balaban J connectivity index is 2.59. The van der Waals surface area contributed by atoms with E-state index in [1.807, 2.05) is 24.3 Å². The van der Waals surface area contributed by atoms with Crippen molar-refractivity contribution in [3.8, 4) is 5.75 Å². The summed E-state index contributed by atoms with van der Waals surface area (Å²) in [5, 5.41) is 9.59. The molecule has 1 aromatic rings. The van der Waals surface area contributed by atoms with Gasteiger partial charge in [-0.1, -0.05) is 38.5 Å². The number of benzene rings is 1. The summed E-state index contributed by atoms with van der Waals surface area (Å²) in [4.78, 5) is 0. The molecule has 0 amide bonds. The predicted molar refractivity (Wildman–Crippen MR) is 84.0 cm³/mol. The second kappa shape index (κ2) is 9.56. The van der Waals surface area contributed by atoms with Crippen LogP contribution in [0.25, 0.3) is 0 Å². The zero-order valence-corrected chi connectivity index (χ0v) is 12.6. The van der Waals surface area contributed by atoms with Gasteiger partial charge in [0.05, 0.1) is 6.10 Å². The molecule has 3 N–H and O–H groups in total. The van der Waals surface area contributed by atoms with Crippen LogP contribution in [-0.4, -0.2) is 24.4 Å². The summed E-state index contributed by atoms with van der Waals surface area (Å²) in [6, 6.07) is 7.87. The maximum absolute atomic E-state index is 9.59. The third-order valence-corrected chi connectivity index (χ3v) is 3.13. The summed E-state index contributed by atoms with van der Waals surface area (Å²) in [5.41, 5.74) is 7.84. The van der Waals surface area contributed by atoms with E-state index in [2.05, 4.69) is 19.9 Å². The minimum absolute atomic E-state index is 0.283. The minimum Gasteiger partial charge on any atom is -0.489 e. The van der Waals surface area contributed by atoms with Crippen LogP contribution >= 0.6 is 0 Å². The van der Waals surface area contributed by atoms with Gasteiger partial charge in [-0.2, -0.15) is 0 Å². The molecule has 0 heterocycles. The lowest BCUT2D eigenvalue weighted by molar-refractivity contribution is 0.183. The van der Waals surface area contributed by atoms with E-state index in [0.29, 0.717) is 13.0 Å². The molecule has 0 bridgehead atoms. The number of ether oxygens (including phenoxy) is 1. The third kappa shape index (κ3) is 6.22. The number of hydrogen-bond acceptors (Lipinski definition) is 3. The predicted octanol–water partition coefficient (Wildman–Crippen LogP) is 3.06. The molecule has 0 saturated heterocycles. The highest BCUT2D eigenvalue weighted by Gasteiger charge is 2.04. The molecule has 0 aliphatic heterocycles. The second-order valence-corrected chi connectivity index (χ2v) is 5.05. The number of allylic oxidation sites excluding steroid dienone is 1. The fourth-order valence-corrected chi connectivity index (χ4v) is 2.14. The molecular formula is C17H27NO2. The Morgan fingerprint density at radius 3 is 2.85 bits per heavy atom. The lowest BCUT2D eigenvalue weighted by Gasteiger charge is -2.12. The Bertz CT molecular complexity index is 415. The first-order chi connectivity index (χ1) is 9.69. The van der Waals surface area contributed by atoms with E-state index >= 15 is 0 Å². The lowest BCUT2D eigenvalue weighted by atomic mass is 10.1. The number of aliphatic hydroxyl groups is 1. The van der Waals surface area contributed by atoms with Gasteiger partial charge in [0, 0.05) is 6.54 Å². The van der Waals surface area contributed by atoms with Gasteiger partial charge in [-0.25, -0.2) is 0 Å². The Hall–Kier alpha value is -1.32. The average Bonchev–Trinajstić information content (AvgIpc) is 2.45. The van der Waals surface area contributed by atoms with Gasteiger partial charge in [0.2, 0.25) is 0 Å². The summed E-state index contributed by atoms with van der Waals surface area (Å²) in [6.07, 6.45) is 5.59. The Morgan fingerprint density at radius 2 is 2.20 bits per heavy atom. The molecule has 1 aromatic carbocycles. The van der Waals surface area contributed by atoms with Crippen molar-refractivity contribution in [2.24, 2.45) is 5.73 Å². The van der Waals surface area contributed by atoms with E-state index < -0.39 is 6.10 Å². The fraction of sp³-hybridized carbons (Fsp3) is 0.529. The summed E-state index contributed by atoms with van der Waals surface area (Å²) in [7, 11) is 0. The van der Waals surface area contributed by atoms with Crippen LogP contribution in [0.2, 0.25) is 0 Å². The number of nitrogens with two attached hydrogens (primary N) is 1. The molecule has 1 atom stereocenters. The van der Waals surface area contributed by atoms with Gasteiger partial charge in [0.15, 0.2) is 0 Å². The first kappa shape index (κ1) is 16.7. The van der Waals surface area contributed by atoms with Crippen LogP contribution in [-0.2, 0) is 6.42 Å². The quantitative estimate of drug-likeness (QED) is 0.682. The Morgan fingerprint density at radius 1 is 1.40 bits per heavy atom. The van der Waals surface area contributed by atoms with Crippen molar-refractivity contribution in [2.45, 2.75) is 45.6 Å². The van der Waals surface area contributed by atoms with E-state index in [0.717, 1.165) is 30.6 Å². The lowest BCUT2D eigenvalue weighted by Crippen LogP contribution is -2.21. The van der Waals surface area contributed by atoms with Gasteiger partial charge in [-0.05, 0) is 42.5 Å². The fourth-order valence-electron chi connectivity index (χ4n) is 2.14. The summed E-state index contributed by atoms with van der Waals surface area (Å²) in [6.45, 7) is 5.25. The highest BCUT2D eigenvalue weighted by molar-refractivity contribution is 5.29. The van der Waals surface area contributed by atoms with Crippen molar-refractivity contribution in [3.63, 3.8) is 0 Å². The molecule has 0 aliphatic carbocycles. The van der Waals surface area contributed by atoms with Gasteiger partial charge < -0.3 is 15.6 Å². The maximum atomic E-state index is 9.59. The van der Waals surface area contributed by atoms with Crippen LogP contribution < -0.4 is 10.5 Å². The van der Waals surface area contributed by atoms with Crippen LogP contribution in [0, 0.1) is 0 Å². The molecule has 1 rings (SSSR count). The van der Waals surface area contributed by atoms with Crippen molar-refractivity contribution >= 4 is 0 Å². The molecule has 0 fully saturated rings. The van der Waals surface area contributed by atoms with Crippen LogP contribution in [0.3, 0.4) is 0 Å². The van der Waals surface area contributed by atoms with E-state index in [4.69, 9.17) is 10.5 Å². The Kier molecular flexibility index (Phi) is 8.00. The molecule has 112 valence electrons. The molecule has 0 radical (unpaired) electrons. The van der Waals surface area contributed by atoms with Crippen molar-refractivity contribution in [2.75, 3.05) is 13.2 Å². The van der Waals surface area contributed by atoms with E-state index in [-0.39, 0.29) is 6.54 Å². The standard InChI is InChI=1S/C17H27NO2/c1-3-6-14(7-4-2)13-20-17-9-5-8-15(11-17)10-16(19)12-18/h5-6,8-9,11,16,19H,3-4,7,10,12-13,18H2,1-2H3/b14-6-/t16-/m1/s1. The monoisotopic (exact) mass is 277 g/mol. The van der Waals surface area contributed by atoms with Crippen molar-refractivity contribution in [3.05, 3.63) is 41.5 Å². The van der Waals surface area contributed by atoms with E-state index in [9.17, 15) is 5.11 Å². The van der Waals surface area contributed by atoms with Gasteiger partial charge in [-0.3, -0.25) is 0 Å². The maximum Gasteiger partial charge on any atom is 0.120 e. The van der Waals surface area contributed by atoms with Gasteiger partial charge >= 0.3 is 0 Å². The van der Waals surface area contributed by atoms with E-state index in [1.165, 1.54) is 5.57 Å². The summed E-state index contributed by atoms with van der Waals surface area (Å²) < 4.78 is 5.85. The zero-order chi connectivity index (χ0) is 14.8. The topological polar surface area (TPSA) is 55.5 Å². The summed E-state index contributed by atoms with van der Waals surface area (Å²) in [5.74, 6) is 0.852. The SMILES string of the molecule is CC/C=C(/CCC)COc1cccc(C[C@@H](O)CN)c1. The largest absolute Gasteiger partial charge is 0.489 e. The first-order valence-electron chi connectivity index (χ1n) is 7.47. The zero-order valence-electron chi connectivity index (χ0n) is 12.6. The average molecular weight is 277 g/mol. The van der Waals surface area contributed by atoms with Gasteiger partial charge in [0.1, 0.15) is 12.4 Å². The molecule has 0 unspecified atom stereocenters. The van der Waals surface area contributed by atoms with E-state index in [1.54, 1.807) is 0 Å². The van der Waals surface area contributed by atoms with Crippen molar-refractivity contribution in [1.82, 2.24) is 0 Å². The number of hydrogen-bond donors (Lipinski definition) is 2. The summed E-state index contributed by atoms with van der Waals surface area (Å²) >= 11 is 0. The van der Waals surface area contributed by atoms with Crippen LogP contribution in [0.4, 0.5) is 0 Å². The molecule has 3 heteroatoms. The van der Waals surface area contributed by atoms with Gasteiger partial charge in [-0.15, -0.1) is 0 Å². The minimum atomic E-state index is -0.485. The highest BCUT2D eigenvalue weighted by atomic mass is 16.5. The first-order valence-corrected chi connectivity index (χ1v) is 7.47. The normalized spacial score (nSPS) is 13.3.